The zero-order valence-corrected chi connectivity index (χ0v) is 8.80. The van der Waals surface area contributed by atoms with Crippen molar-refractivity contribution in [2.24, 2.45) is 0 Å². The highest BCUT2D eigenvalue weighted by Crippen LogP contribution is 1.90. The van der Waals surface area contributed by atoms with Gasteiger partial charge in [0.1, 0.15) is 0 Å². The molecule has 0 saturated carbocycles. The molecule has 0 saturated heterocycles. The van der Waals surface area contributed by atoms with Gasteiger partial charge in [0.25, 0.3) is 0 Å². The molecule has 0 aliphatic rings. The second-order valence-electron chi connectivity index (χ2n) is 2.96. The first-order chi connectivity index (χ1) is 6.20. The molecule has 0 atom stereocenters. The van der Waals surface area contributed by atoms with E-state index >= 15 is 0 Å². The molecule has 0 fully saturated rings. The molecule has 0 aliphatic carbocycles. The third kappa shape index (κ3) is 7.74. The number of nitrogens with one attached hydrogen (secondary N) is 1. The zero-order valence-electron chi connectivity index (χ0n) is 8.80. The summed E-state index contributed by atoms with van der Waals surface area (Å²) in [6.07, 6.45) is 0.480. The van der Waals surface area contributed by atoms with E-state index in [0.29, 0.717) is 13.0 Å². The molecule has 0 aromatic carbocycles. The van der Waals surface area contributed by atoms with Gasteiger partial charge in [0.2, 0.25) is 0 Å². The highest BCUT2D eigenvalue weighted by molar-refractivity contribution is 5.69. The van der Waals surface area contributed by atoms with Gasteiger partial charge in [-0.1, -0.05) is 0 Å². The zero-order chi connectivity index (χ0) is 10.1. The van der Waals surface area contributed by atoms with Crippen molar-refractivity contribution in [1.29, 1.82) is 0 Å². The predicted octanol–water partition coefficient (Wildman–Crippen LogP) is 0.0908. The molecule has 1 N–H and O–H groups in total. The number of hydrogen-bond donors (Lipinski definition) is 1. The van der Waals surface area contributed by atoms with Gasteiger partial charge in [-0.25, -0.2) is 0 Å². The van der Waals surface area contributed by atoms with E-state index in [1.165, 1.54) is 0 Å². The van der Waals surface area contributed by atoms with Crippen LogP contribution in [0.25, 0.3) is 0 Å². The van der Waals surface area contributed by atoms with E-state index in [0.717, 1.165) is 19.6 Å². The van der Waals surface area contributed by atoms with Crippen LogP contribution < -0.4 is 5.32 Å². The number of nitrogens with zero attached hydrogens (tertiary/aromatic N) is 1. The Labute approximate surface area is 80.2 Å². The first-order valence-electron chi connectivity index (χ1n) is 4.69. The summed E-state index contributed by atoms with van der Waals surface area (Å²) in [7, 11) is 3.91. The predicted molar refractivity (Wildman–Crippen MR) is 52.7 cm³/mol. The third-order valence-corrected chi connectivity index (χ3v) is 1.75. The van der Waals surface area contributed by atoms with Crippen LogP contribution in [0.4, 0.5) is 0 Å². The van der Waals surface area contributed by atoms with Crippen molar-refractivity contribution in [3.8, 4) is 0 Å². The molecule has 0 spiro atoms. The first kappa shape index (κ1) is 12.4. The summed E-state index contributed by atoms with van der Waals surface area (Å²) < 4.78 is 4.82. The van der Waals surface area contributed by atoms with Gasteiger partial charge in [0.15, 0.2) is 0 Å². The molecule has 0 aromatic heterocycles. The van der Waals surface area contributed by atoms with Gasteiger partial charge in [0, 0.05) is 19.6 Å². The van der Waals surface area contributed by atoms with E-state index in [1.54, 1.807) is 0 Å². The second kappa shape index (κ2) is 8.01. The Bertz CT molecular complexity index is 140. The number of rotatable bonds is 7. The van der Waals surface area contributed by atoms with Crippen LogP contribution in [0.3, 0.4) is 0 Å². The summed E-state index contributed by atoms with van der Waals surface area (Å²) in [5, 5.41) is 3.05. The first-order valence-corrected chi connectivity index (χ1v) is 4.69. The molecule has 0 unspecified atom stereocenters. The molecule has 0 amide bonds. The van der Waals surface area contributed by atoms with E-state index in [2.05, 4.69) is 10.2 Å². The van der Waals surface area contributed by atoms with Gasteiger partial charge in [-0.15, -0.1) is 0 Å². The fourth-order valence-corrected chi connectivity index (χ4v) is 0.930. The van der Waals surface area contributed by atoms with Crippen molar-refractivity contribution in [3.05, 3.63) is 0 Å². The van der Waals surface area contributed by atoms with Crippen LogP contribution in [0.15, 0.2) is 0 Å². The van der Waals surface area contributed by atoms with E-state index in [1.807, 2.05) is 21.0 Å². The van der Waals surface area contributed by atoms with Crippen molar-refractivity contribution in [2.45, 2.75) is 13.3 Å². The molecule has 0 rings (SSSR count). The Morgan fingerprint density at radius 2 is 2.15 bits per heavy atom. The smallest absolute Gasteiger partial charge is 0.307 e. The summed E-state index contributed by atoms with van der Waals surface area (Å²) in [5.41, 5.74) is 0. The van der Waals surface area contributed by atoms with Crippen LogP contribution in [0.1, 0.15) is 13.3 Å². The van der Waals surface area contributed by atoms with Crippen LogP contribution in [0.5, 0.6) is 0 Å². The Hall–Kier alpha value is -0.610. The van der Waals surface area contributed by atoms with Crippen LogP contribution in [0.2, 0.25) is 0 Å². The van der Waals surface area contributed by atoms with Gasteiger partial charge < -0.3 is 15.0 Å². The fraction of sp³-hybridized carbons (Fsp3) is 0.889. The minimum Gasteiger partial charge on any atom is -0.466 e. The Morgan fingerprint density at radius 1 is 1.46 bits per heavy atom. The average molecular weight is 188 g/mol. The standard InChI is InChI=1S/C9H20N2O2/c1-4-13-9(12)5-7-11(3)8-6-10-2/h10H,4-8H2,1-3H3. The van der Waals surface area contributed by atoms with Gasteiger partial charge >= 0.3 is 5.97 Å². The van der Waals surface area contributed by atoms with E-state index in [9.17, 15) is 4.79 Å². The van der Waals surface area contributed by atoms with Crippen molar-refractivity contribution < 1.29 is 9.53 Å². The average Bonchev–Trinajstić information content (AvgIpc) is 2.12. The summed E-state index contributed by atoms with van der Waals surface area (Å²) >= 11 is 0. The summed E-state index contributed by atoms with van der Waals surface area (Å²) in [6, 6.07) is 0. The summed E-state index contributed by atoms with van der Waals surface area (Å²) in [5.74, 6) is -0.112. The number of likely N-dealkylation sites (N-methyl/N-ethyl adjacent to an activating group) is 2. The normalized spacial score (nSPS) is 10.5. The molecule has 0 aliphatic heterocycles. The minimum absolute atomic E-state index is 0.112. The Morgan fingerprint density at radius 3 is 2.69 bits per heavy atom. The summed E-state index contributed by atoms with van der Waals surface area (Å²) in [6.45, 7) is 4.96. The van der Waals surface area contributed by atoms with Gasteiger partial charge in [0.05, 0.1) is 13.0 Å². The number of carbonyl (C=O) groups excluding carboxylic acids is 1. The minimum atomic E-state index is -0.112. The number of esters is 1. The largest absolute Gasteiger partial charge is 0.466 e. The molecule has 4 nitrogen and oxygen atoms in total. The maximum atomic E-state index is 11.0. The highest BCUT2D eigenvalue weighted by atomic mass is 16.5. The van der Waals surface area contributed by atoms with E-state index in [4.69, 9.17) is 4.74 Å². The van der Waals surface area contributed by atoms with Crippen LogP contribution in [-0.4, -0.2) is 51.2 Å². The lowest BCUT2D eigenvalue weighted by atomic mass is 10.4. The number of carbonyl (C=O) groups is 1. The van der Waals surface area contributed by atoms with E-state index < -0.39 is 0 Å². The van der Waals surface area contributed by atoms with Crippen molar-refractivity contribution >= 4 is 5.97 Å². The van der Waals surface area contributed by atoms with Gasteiger partial charge in [-0.2, -0.15) is 0 Å². The van der Waals surface area contributed by atoms with Crippen molar-refractivity contribution in [2.75, 3.05) is 40.3 Å². The lowest BCUT2D eigenvalue weighted by Gasteiger charge is -2.15. The SMILES string of the molecule is CCOC(=O)CCN(C)CCNC. The number of hydrogen-bond acceptors (Lipinski definition) is 4. The molecular weight excluding hydrogens is 168 g/mol. The molecule has 13 heavy (non-hydrogen) atoms. The van der Waals surface area contributed by atoms with Crippen molar-refractivity contribution in [3.63, 3.8) is 0 Å². The highest BCUT2D eigenvalue weighted by Gasteiger charge is 2.03. The van der Waals surface area contributed by atoms with Crippen LogP contribution >= 0.6 is 0 Å². The molecular formula is C9H20N2O2. The van der Waals surface area contributed by atoms with Gasteiger partial charge in [-0.05, 0) is 21.0 Å². The molecule has 4 heteroatoms. The maximum absolute atomic E-state index is 11.0. The van der Waals surface area contributed by atoms with E-state index in [-0.39, 0.29) is 5.97 Å². The quantitative estimate of drug-likeness (QED) is 0.575. The second-order valence-corrected chi connectivity index (χ2v) is 2.96. The van der Waals surface area contributed by atoms with Crippen molar-refractivity contribution in [1.82, 2.24) is 10.2 Å². The van der Waals surface area contributed by atoms with Crippen LogP contribution in [0, 0.1) is 0 Å². The van der Waals surface area contributed by atoms with Crippen LogP contribution in [-0.2, 0) is 9.53 Å². The third-order valence-electron chi connectivity index (χ3n) is 1.75. The lowest BCUT2D eigenvalue weighted by molar-refractivity contribution is -0.143. The molecule has 0 bridgehead atoms. The molecule has 0 radical (unpaired) electrons. The molecule has 0 heterocycles. The fourth-order valence-electron chi connectivity index (χ4n) is 0.930. The summed E-state index contributed by atoms with van der Waals surface area (Å²) in [4.78, 5) is 13.1. The monoisotopic (exact) mass is 188 g/mol. The topological polar surface area (TPSA) is 41.6 Å². The number of ether oxygens (including phenoxy) is 1. The molecule has 78 valence electrons. The Balaban J connectivity index is 3.34. The molecule has 0 aromatic rings. The Kier molecular flexibility index (Phi) is 7.63. The van der Waals surface area contributed by atoms with Gasteiger partial charge in [-0.3, -0.25) is 4.79 Å². The lowest BCUT2D eigenvalue weighted by Crippen LogP contribution is -2.29. The maximum Gasteiger partial charge on any atom is 0.307 e.